The highest BCUT2D eigenvalue weighted by Crippen LogP contribution is 2.39. The molecule has 4 rings (SSSR count). The number of alkyl halides is 3. The number of carbonyl (C=O) groups excluding carboxylic acids is 2. The maximum atomic E-state index is 14.7. The molecular formula is C30H29F4N3O5. The molecule has 3 aromatic rings. The SMILES string of the molecule is COCCN(CC(=O)N1N=C(c2ccccc2F)C[C@H]1c1cc(OC)ccc1OC)C(=O)c1ccc(C(F)(F)F)cc1. The van der Waals surface area contributed by atoms with E-state index in [1.165, 1.54) is 37.3 Å². The number of nitrogens with zero attached hydrogens (tertiary/aromatic N) is 3. The molecule has 3 aromatic carbocycles. The van der Waals surface area contributed by atoms with Crippen molar-refractivity contribution in [1.82, 2.24) is 9.91 Å². The average Bonchev–Trinajstić information content (AvgIpc) is 3.43. The van der Waals surface area contributed by atoms with Gasteiger partial charge in [0, 0.05) is 36.8 Å². The zero-order chi connectivity index (χ0) is 30.4. The van der Waals surface area contributed by atoms with Gasteiger partial charge in [-0.15, -0.1) is 0 Å². The molecule has 0 saturated heterocycles. The first kappa shape index (κ1) is 30.5. The van der Waals surface area contributed by atoms with Crippen LogP contribution in [0.25, 0.3) is 0 Å². The lowest BCUT2D eigenvalue weighted by atomic mass is 9.97. The number of halogens is 4. The predicted octanol–water partition coefficient (Wildman–Crippen LogP) is 5.33. The van der Waals surface area contributed by atoms with Gasteiger partial charge in [0.2, 0.25) is 0 Å². The largest absolute Gasteiger partial charge is 0.497 e. The fourth-order valence-corrected chi connectivity index (χ4v) is 4.61. The topological polar surface area (TPSA) is 80.7 Å². The molecule has 1 aliphatic rings. The summed E-state index contributed by atoms with van der Waals surface area (Å²) < 4.78 is 69.8. The van der Waals surface area contributed by atoms with Crippen LogP contribution in [0, 0.1) is 5.82 Å². The van der Waals surface area contributed by atoms with Crippen LogP contribution in [0.5, 0.6) is 11.5 Å². The first-order chi connectivity index (χ1) is 20.1. The van der Waals surface area contributed by atoms with E-state index in [0.29, 0.717) is 22.8 Å². The van der Waals surface area contributed by atoms with Gasteiger partial charge in [0.05, 0.1) is 38.1 Å². The van der Waals surface area contributed by atoms with Crippen LogP contribution in [0.2, 0.25) is 0 Å². The summed E-state index contributed by atoms with van der Waals surface area (Å²) in [6.07, 6.45) is -4.42. The number of hydrogen-bond acceptors (Lipinski definition) is 6. The number of hydrogen-bond donors (Lipinski definition) is 0. The summed E-state index contributed by atoms with van der Waals surface area (Å²) in [7, 11) is 4.38. The standard InChI is InChI=1S/C30H29F4N3O5/c1-40-15-14-36(29(39)19-8-10-20(11-9-19)30(32,33)34)18-28(38)37-26(23-16-21(41-2)12-13-27(23)42-3)17-25(35-37)22-6-4-5-7-24(22)31/h4-13,16,26H,14-15,17-18H2,1-3H3/t26-/m0/s1. The van der Waals surface area contributed by atoms with E-state index < -0.39 is 42.0 Å². The van der Waals surface area contributed by atoms with E-state index in [0.717, 1.165) is 24.3 Å². The van der Waals surface area contributed by atoms with Gasteiger partial charge in [-0.3, -0.25) is 9.59 Å². The molecule has 1 atom stereocenters. The van der Waals surface area contributed by atoms with E-state index in [2.05, 4.69) is 5.10 Å². The molecule has 0 N–H and O–H groups in total. The lowest BCUT2D eigenvalue weighted by Gasteiger charge is -2.28. The number of rotatable bonds is 10. The van der Waals surface area contributed by atoms with Gasteiger partial charge in [-0.05, 0) is 48.5 Å². The van der Waals surface area contributed by atoms with E-state index in [4.69, 9.17) is 14.2 Å². The maximum Gasteiger partial charge on any atom is 0.416 e. The van der Waals surface area contributed by atoms with Gasteiger partial charge in [0.25, 0.3) is 11.8 Å². The van der Waals surface area contributed by atoms with Crippen molar-refractivity contribution in [2.75, 3.05) is 41.0 Å². The smallest absolute Gasteiger partial charge is 0.416 e. The van der Waals surface area contributed by atoms with E-state index >= 15 is 0 Å². The molecule has 0 fully saturated rings. The van der Waals surface area contributed by atoms with Gasteiger partial charge in [-0.1, -0.05) is 18.2 Å². The Bertz CT molecular complexity index is 1460. The Morgan fingerprint density at radius 2 is 1.71 bits per heavy atom. The van der Waals surface area contributed by atoms with E-state index in [1.807, 2.05) is 0 Å². The highest BCUT2D eigenvalue weighted by atomic mass is 19.4. The summed E-state index contributed by atoms with van der Waals surface area (Å²) in [5.41, 5.74) is 0.152. The zero-order valence-corrected chi connectivity index (χ0v) is 23.2. The second kappa shape index (κ2) is 13.0. The summed E-state index contributed by atoms with van der Waals surface area (Å²) in [4.78, 5) is 28.3. The second-order valence-corrected chi connectivity index (χ2v) is 9.39. The monoisotopic (exact) mass is 587 g/mol. The Morgan fingerprint density at radius 1 is 1.00 bits per heavy atom. The van der Waals surface area contributed by atoms with E-state index in [9.17, 15) is 27.2 Å². The predicted molar refractivity (Wildman–Crippen MR) is 146 cm³/mol. The Morgan fingerprint density at radius 3 is 2.33 bits per heavy atom. The Hall–Kier alpha value is -4.45. The zero-order valence-electron chi connectivity index (χ0n) is 23.2. The number of benzene rings is 3. The minimum atomic E-state index is -4.56. The quantitative estimate of drug-likeness (QED) is 0.300. The summed E-state index contributed by atoms with van der Waals surface area (Å²) in [5.74, 6) is -0.840. The molecule has 1 aliphatic heterocycles. The number of amides is 2. The highest BCUT2D eigenvalue weighted by Gasteiger charge is 2.37. The minimum Gasteiger partial charge on any atom is -0.497 e. The van der Waals surface area contributed by atoms with Gasteiger partial charge in [0.1, 0.15) is 23.9 Å². The molecule has 0 saturated carbocycles. The van der Waals surface area contributed by atoms with Gasteiger partial charge in [-0.25, -0.2) is 9.40 Å². The molecule has 0 unspecified atom stereocenters. The summed E-state index contributed by atoms with van der Waals surface area (Å²) >= 11 is 0. The van der Waals surface area contributed by atoms with Crippen LogP contribution in [-0.2, 0) is 15.7 Å². The Kier molecular flexibility index (Phi) is 9.46. The van der Waals surface area contributed by atoms with Gasteiger partial charge < -0.3 is 19.1 Å². The third-order valence-corrected chi connectivity index (χ3v) is 6.78. The summed E-state index contributed by atoms with van der Waals surface area (Å²) in [5, 5.41) is 5.66. The summed E-state index contributed by atoms with van der Waals surface area (Å²) in [6, 6.07) is 14.1. The Labute approximate surface area is 240 Å². The highest BCUT2D eigenvalue weighted by molar-refractivity contribution is 6.04. The van der Waals surface area contributed by atoms with Gasteiger partial charge in [0.15, 0.2) is 0 Å². The van der Waals surface area contributed by atoms with E-state index in [1.54, 1.807) is 36.4 Å². The lowest BCUT2D eigenvalue weighted by molar-refractivity contribution is -0.137. The minimum absolute atomic E-state index is 0.0209. The molecule has 12 heteroatoms. The molecule has 1 heterocycles. The molecule has 42 heavy (non-hydrogen) atoms. The van der Waals surface area contributed by atoms with Crippen LogP contribution < -0.4 is 9.47 Å². The number of carbonyl (C=O) groups is 2. The van der Waals surface area contributed by atoms with Crippen molar-refractivity contribution in [1.29, 1.82) is 0 Å². The van der Waals surface area contributed by atoms with Crippen LogP contribution in [-0.4, -0.2) is 68.5 Å². The third kappa shape index (κ3) is 6.71. The molecule has 2 amide bonds. The number of ether oxygens (including phenoxy) is 3. The maximum absolute atomic E-state index is 14.7. The first-order valence-electron chi connectivity index (χ1n) is 12.9. The fraction of sp³-hybridized carbons (Fsp3) is 0.300. The van der Waals surface area contributed by atoms with Crippen molar-refractivity contribution in [3.63, 3.8) is 0 Å². The molecule has 8 nitrogen and oxygen atoms in total. The van der Waals surface area contributed by atoms with Crippen molar-refractivity contribution in [3.8, 4) is 11.5 Å². The van der Waals surface area contributed by atoms with Crippen LogP contribution >= 0.6 is 0 Å². The van der Waals surface area contributed by atoms with Crippen LogP contribution in [0.1, 0.15) is 39.5 Å². The van der Waals surface area contributed by atoms with Gasteiger partial charge in [-0.2, -0.15) is 18.3 Å². The molecule has 0 aromatic heterocycles. The Balaban J connectivity index is 1.69. The van der Waals surface area contributed by atoms with Crippen molar-refractivity contribution >= 4 is 17.5 Å². The molecule has 0 aliphatic carbocycles. The van der Waals surface area contributed by atoms with Crippen molar-refractivity contribution < 1.29 is 41.4 Å². The lowest BCUT2D eigenvalue weighted by Crippen LogP contribution is -2.42. The molecule has 0 spiro atoms. The van der Waals surface area contributed by atoms with Crippen LogP contribution in [0.4, 0.5) is 17.6 Å². The van der Waals surface area contributed by atoms with Crippen molar-refractivity contribution in [3.05, 3.63) is 94.8 Å². The van der Waals surface area contributed by atoms with Crippen molar-refractivity contribution in [2.45, 2.75) is 18.6 Å². The second-order valence-electron chi connectivity index (χ2n) is 9.39. The number of hydrazone groups is 1. The summed E-state index contributed by atoms with van der Waals surface area (Å²) in [6.45, 7) is -0.427. The molecule has 0 bridgehead atoms. The molecule has 0 radical (unpaired) electrons. The molecular weight excluding hydrogens is 558 g/mol. The molecule has 222 valence electrons. The van der Waals surface area contributed by atoms with Crippen LogP contribution in [0.3, 0.4) is 0 Å². The van der Waals surface area contributed by atoms with Gasteiger partial charge >= 0.3 is 6.18 Å². The average molecular weight is 588 g/mol. The fourth-order valence-electron chi connectivity index (χ4n) is 4.61. The normalized spacial score (nSPS) is 14.9. The first-order valence-corrected chi connectivity index (χ1v) is 12.9. The van der Waals surface area contributed by atoms with Crippen LogP contribution in [0.15, 0.2) is 71.8 Å². The van der Waals surface area contributed by atoms with Crippen molar-refractivity contribution in [2.24, 2.45) is 5.10 Å². The number of methoxy groups -OCH3 is 3. The van der Waals surface area contributed by atoms with E-state index in [-0.39, 0.29) is 30.7 Å². The third-order valence-electron chi connectivity index (χ3n) is 6.78.